The number of unbranched alkanes of at least 4 members (excludes halogenated alkanes) is 28. The molecule has 0 bridgehead atoms. The minimum atomic E-state index is -0.806. The van der Waals surface area contributed by atoms with E-state index in [2.05, 4.69) is 142 Å². The summed E-state index contributed by atoms with van der Waals surface area (Å²) in [7, 11) is 0. The molecule has 0 aliphatic carbocycles. The number of esters is 3. The molecule has 0 aliphatic rings. The van der Waals surface area contributed by atoms with Crippen molar-refractivity contribution in [2.45, 2.75) is 309 Å². The van der Waals surface area contributed by atoms with Gasteiger partial charge in [-0.25, -0.2) is 0 Å². The fourth-order valence-corrected chi connectivity index (χ4v) is 8.98. The van der Waals surface area contributed by atoms with Crippen molar-refractivity contribution in [3.8, 4) is 0 Å². The van der Waals surface area contributed by atoms with Crippen molar-refractivity contribution in [2.24, 2.45) is 0 Å². The van der Waals surface area contributed by atoms with Crippen LogP contribution in [0.1, 0.15) is 303 Å². The van der Waals surface area contributed by atoms with E-state index >= 15 is 0 Å². The summed E-state index contributed by atoms with van der Waals surface area (Å²) in [5.74, 6) is -0.936. The van der Waals surface area contributed by atoms with Crippen LogP contribution in [0.3, 0.4) is 0 Å². The van der Waals surface area contributed by atoms with E-state index in [0.29, 0.717) is 12.8 Å². The lowest BCUT2D eigenvalue weighted by Gasteiger charge is -2.18. The van der Waals surface area contributed by atoms with Crippen LogP contribution in [0, 0.1) is 0 Å². The van der Waals surface area contributed by atoms with Gasteiger partial charge in [-0.3, -0.25) is 14.4 Å². The molecule has 6 nitrogen and oxygen atoms in total. The standard InChI is InChI=1S/C73H122O6/c1-4-7-10-13-16-19-22-25-28-31-34-35-36-37-40-42-45-48-51-54-57-60-63-66-72(75)78-69-70(79-73(76)67-64-61-58-55-52-49-46-43-39-33-30-27-24-21-18-15-12-9-6-3)68-77-71(74)65-62-59-56-53-50-47-44-41-38-32-29-26-23-20-17-14-11-8-5-2/h9,12,17-18,20-22,25-27,29-31,34,36-37,39,43,49,52,70H,4-8,10-11,13-16,19,23-24,28,32-33,35,38,40-42,44-48,50-51,53-69H2,1-3H3/b12-9-,20-17-,21-18-,25-22-,29-26-,30-27-,34-31-,37-36-,43-39-,52-49-. The van der Waals surface area contributed by atoms with Gasteiger partial charge in [0.2, 0.25) is 0 Å². The lowest BCUT2D eigenvalue weighted by molar-refractivity contribution is -0.167. The van der Waals surface area contributed by atoms with Gasteiger partial charge in [-0.15, -0.1) is 0 Å². The third-order valence-electron chi connectivity index (χ3n) is 13.9. The van der Waals surface area contributed by atoms with E-state index < -0.39 is 6.10 Å². The second kappa shape index (κ2) is 66.3. The largest absolute Gasteiger partial charge is 0.462 e. The Kier molecular flexibility index (Phi) is 62.8. The molecule has 450 valence electrons. The molecule has 0 saturated carbocycles. The van der Waals surface area contributed by atoms with E-state index in [4.69, 9.17) is 14.2 Å². The third kappa shape index (κ3) is 64.5. The van der Waals surface area contributed by atoms with Crippen molar-refractivity contribution in [2.75, 3.05) is 13.2 Å². The van der Waals surface area contributed by atoms with Crippen LogP contribution in [0.2, 0.25) is 0 Å². The van der Waals surface area contributed by atoms with E-state index in [-0.39, 0.29) is 37.5 Å². The number of hydrogen-bond acceptors (Lipinski definition) is 6. The van der Waals surface area contributed by atoms with Crippen molar-refractivity contribution in [3.05, 3.63) is 122 Å². The molecule has 0 saturated heterocycles. The molecule has 1 unspecified atom stereocenters. The molecular weight excluding hydrogens is 973 g/mol. The molecule has 1 atom stereocenters. The Bertz CT molecular complexity index is 1640. The number of hydrogen-bond donors (Lipinski definition) is 0. The van der Waals surface area contributed by atoms with Gasteiger partial charge < -0.3 is 14.2 Å². The van der Waals surface area contributed by atoms with E-state index in [0.717, 1.165) is 122 Å². The topological polar surface area (TPSA) is 78.9 Å². The SMILES string of the molecule is CC/C=C\C/C=C\C/C=C\C/C=C\C/C=C\CCCCCC(=O)OC(COC(=O)CCCCCCCCCC/C=C\C/C=C\C/C=C\CCCCCCC)COC(=O)CCCCCCCCCCC/C=C\C/C=C\CCCCC. The predicted molar refractivity (Wildman–Crippen MR) is 343 cm³/mol. The summed E-state index contributed by atoms with van der Waals surface area (Å²) in [6.45, 7) is 6.47. The zero-order valence-electron chi connectivity index (χ0n) is 51.6. The number of carbonyl (C=O) groups excluding carboxylic acids is 3. The van der Waals surface area contributed by atoms with Crippen LogP contribution >= 0.6 is 0 Å². The number of ether oxygens (including phenoxy) is 3. The van der Waals surface area contributed by atoms with Gasteiger partial charge in [-0.1, -0.05) is 271 Å². The van der Waals surface area contributed by atoms with Crippen LogP contribution in [-0.2, 0) is 28.6 Å². The lowest BCUT2D eigenvalue weighted by Crippen LogP contribution is -2.30. The van der Waals surface area contributed by atoms with Crippen molar-refractivity contribution >= 4 is 17.9 Å². The first-order valence-electron chi connectivity index (χ1n) is 33.0. The predicted octanol–water partition coefficient (Wildman–Crippen LogP) is 22.8. The molecule has 0 rings (SSSR count). The normalized spacial score (nSPS) is 12.9. The van der Waals surface area contributed by atoms with Crippen LogP contribution in [-0.4, -0.2) is 37.2 Å². The molecule has 0 aromatic rings. The molecule has 0 radical (unpaired) electrons. The number of allylic oxidation sites excluding steroid dienone is 20. The molecule has 0 spiro atoms. The Labute approximate surface area is 488 Å². The highest BCUT2D eigenvalue weighted by Crippen LogP contribution is 2.15. The quantitative estimate of drug-likeness (QED) is 0.0261. The van der Waals surface area contributed by atoms with E-state index in [1.807, 2.05) is 0 Å². The minimum Gasteiger partial charge on any atom is -0.462 e. The molecule has 6 heteroatoms. The summed E-state index contributed by atoms with van der Waals surface area (Å²) in [6, 6.07) is 0. The third-order valence-corrected chi connectivity index (χ3v) is 13.9. The Balaban J connectivity index is 4.46. The van der Waals surface area contributed by atoms with Gasteiger partial charge in [0.05, 0.1) is 0 Å². The number of carbonyl (C=O) groups is 3. The van der Waals surface area contributed by atoms with Crippen molar-refractivity contribution in [1.29, 1.82) is 0 Å². The Morgan fingerprint density at radius 1 is 0.266 bits per heavy atom. The minimum absolute atomic E-state index is 0.0982. The van der Waals surface area contributed by atoms with Crippen molar-refractivity contribution in [1.82, 2.24) is 0 Å². The first-order valence-corrected chi connectivity index (χ1v) is 33.0. The van der Waals surface area contributed by atoms with E-state index in [1.165, 1.54) is 141 Å². The van der Waals surface area contributed by atoms with Crippen LogP contribution in [0.5, 0.6) is 0 Å². The van der Waals surface area contributed by atoms with Gasteiger partial charge >= 0.3 is 17.9 Å². The molecule has 0 fully saturated rings. The maximum Gasteiger partial charge on any atom is 0.306 e. The zero-order chi connectivity index (χ0) is 57.1. The van der Waals surface area contributed by atoms with Gasteiger partial charge in [-0.2, -0.15) is 0 Å². The summed E-state index contributed by atoms with van der Waals surface area (Å²) in [5.41, 5.74) is 0. The van der Waals surface area contributed by atoms with Gasteiger partial charge in [-0.05, 0) is 135 Å². The average Bonchev–Trinajstić information content (AvgIpc) is 3.45. The molecule has 0 aromatic heterocycles. The Hall–Kier alpha value is -4.19. The fourth-order valence-electron chi connectivity index (χ4n) is 8.98. The summed E-state index contributed by atoms with van der Waals surface area (Å²) in [6.07, 6.45) is 92.0. The molecule has 0 amide bonds. The highest BCUT2D eigenvalue weighted by atomic mass is 16.6. The Morgan fingerprint density at radius 2 is 0.494 bits per heavy atom. The smallest absolute Gasteiger partial charge is 0.306 e. The second-order valence-corrected chi connectivity index (χ2v) is 21.6. The Morgan fingerprint density at radius 3 is 0.810 bits per heavy atom. The van der Waals surface area contributed by atoms with E-state index in [9.17, 15) is 14.4 Å². The van der Waals surface area contributed by atoms with Gasteiger partial charge in [0, 0.05) is 19.3 Å². The van der Waals surface area contributed by atoms with Gasteiger partial charge in [0.25, 0.3) is 0 Å². The monoisotopic (exact) mass is 1090 g/mol. The highest BCUT2D eigenvalue weighted by molar-refractivity contribution is 5.71. The summed E-state index contributed by atoms with van der Waals surface area (Å²) in [4.78, 5) is 38.4. The molecule has 0 aliphatic heterocycles. The first-order chi connectivity index (χ1) is 39.0. The lowest BCUT2D eigenvalue weighted by atomic mass is 10.1. The van der Waals surface area contributed by atoms with Gasteiger partial charge in [0.1, 0.15) is 13.2 Å². The van der Waals surface area contributed by atoms with Crippen molar-refractivity contribution in [3.63, 3.8) is 0 Å². The number of rotatable bonds is 59. The van der Waals surface area contributed by atoms with Crippen LogP contribution in [0.25, 0.3) is 0 Å². The van der Waals surface area contributed by atoms with E-state index in [1.54, 1.807) is 0 Å². The van der Waals surface area contributed by atoms with Crippen LogP contribution in [0.15, 0.2) is 122 Å². The molecule has 0 N–H and O–H groups in total. The summed E-state index contributed by atoms with van der Waals surface area (Å²) in [5, 5.41) is 0. The summed E-state index contributed by atoms with van der Waals surface area (Å²) < 4.78 is 16.9. The second-order valence-electron chi connectivity index (χ2n) is 21.6. The molecule has 0 aromatic carbocycles. The van der Waals surface area contributed by atoms with Crippen LogP contribution < -0.4 is 0 Å². The first kappa shape index (κ1) is 74.8. The molecule has 79 heavy (non-hydrogen) atoms. The maximum absolute atomic E-state index is 12.9. The highest BCUT2D eigenvalue weighted by Gasteiger charge is 2.19. The van der Waals surface area contributed by atoms with Crippen molar-refractivity contribution < 1.29 is 28.6 Å². The molecule has 0 heterocycles. The summed E-state index contributed by atoms with van der Waals surface area (Å²) >= 11 is 0. The van der Waals surface area contributed by atoms with Crippen LogP contribution in [0.4, 0.5) is 0 Å². The average molecular weight is 1100 g/mol. The van der Waals surface area contributed by atoms with Gasteiger partial charge in [0.15, 0.2) is 6.10 Å². The fraction of sp³-hybridized carbons (Fsp3) is 0.685. The maximum atomic E-state index is 12.9. The zero-order valence-corrected chi connectivity index (χ0v) is 51.6. The molecular formula is C73H122O6.